The van der Waals surface area contributed by atoms with Crippen LogP contribution in [0.25, 0.3) is 6.08 Å². The molecule has 0 heterocycles. The molecule has 29 heavy (non-hydrogen) atoms. The van der Waals surface area contributed by atoms with Crippen molar-refractivity contribution in [1.29, 1.82) is 0 Å². The fourth-order valence-corrected chi connectivity index (χ4v) is 3.78. The largest absolute Gasteiger partial charge is 0.531 e. The molecule has 162 valence electrons. The van der Waals surface area contributed by atoms with Gasteiger partial charge in [-0.3, -0.25) is 4.79 Å². The lowest BCUT2D eigenvalue weighted by Crippen LogP contribution is -2.43. The lowest BCUT2D eigenvalue weighted by atomic mass is 10.2. The Kier molecular flexibility index (Phi) is 8.25. The van der Waals surface area contributed by atoms with Crippen molar-refractivity contribution in [2.24, 2.45) is 4.99 Å². The highest BCUT2D eigenvalue weighted by molar-refractivity contribution is 6.76. The summed E-state index contributed by atoms with van der Waals surface area (Å²) in [5.41, 5.74) is 1.06. The highest BCUT2D eigenvalue weighted by atomic mass is 28.4. The fraction of sp³-hybridized carbons (Fsp3) is 0.565. The molecule has 1 aromatic carbocycles. The summed E-state index contributed by atoms with van der Waals surface area (Å²) in [6, 6.07) is 10.00. The number of rotatable bonds is 6. The van der Waals surface area contributed by atoms with Gasteiger partial charge in [0.2, 0.25) is 0 Å². The van der Waals surface area contributed by atoms with Gasteiger partial charge in [0.05, 0.1) is 0 Å². The minimum atomic E-state index is -2.16. The van der Waals surface area contributed by atoms with Crippen LogP contribution >= 0.6 is 0 Å². The molecule has 0 spiro atoms. The Labute approximate surface area is 179 Å². The van der Waals surface area contributed by atoms with E-state index in [-0.39, 0.29) is 22.6 Å². The molecule has 6 heteroatoms. The van der Waals surface area contributed by atoms with Crippen LogP contribution in [-0.4, -0.2) is 35.0 Å². The van der Waals surface area contributed by atoms with Crippen LogP contribution in [0.3, 0.4) is 0 Å². The van der Waals surface area contributed by atoms with Crippen molar-refractivity contribution in [3.8, 4) is 0 Å². The van der Waals surface area contributed by atoms with Crippen LogP contribution in [0.2, 0.25) is 36.3 Å². The van der Waals surface area contributed by atoms with Crippen LogP contribution in [-0.2, 0) is 13.6 Å². The summed E-state index contributed by atoms with van der Waals surface area (Å²) in [7, 11) is -4.24. The summed E-state index contributed by atoms with van der Waals surface area (Å²) in [6.07, 6.45) is 3.82. The van der Waals surface area contributed by atoms with E-state index in [1.807, 2.05) is 42.5 Å². The second-order valence-electron chi connectivity index (χ2n) is 10.5. The molecule has 0 N–H and O–H groups in total. The average Bonchev–Trinajstić information content (AvgIpc) is 2.55. The maximum Gasteiger partial charge on any atom is 0.314 e. The zero-order valence-corrected chi connectivity index (χ0v) is 21.9. The van der Waals surface area contributed by atoms with Crippen molar-refractivity contribution < 1.29 is 13.6 Å². The zero-order chi connectivity index (χ0) is 22.5. The van der Waals surface area contributed by atoms with E-state index in [1.165, 1.54) is 0 Å². The molecule has 0 bridgehead atoms. The van der Waals surface area contributed by atoms with Crippen LogP contribution in [0.1, 0.15) is 47.1 Å². The molecular weight excluding hydrogens is 394 g/mol. The number of hydrogen-bond acceptors (Lipinski definition) is 4. The Morgan fingerprint density at radius 3 is 1.86 bits per heavy atom. The summed E-state index contributed by atoms with van der Waals surface area (Å²) in [4.78, 5) is 17.0. The molecule has 0 radical (unpaired) electrons. The van der Waals surface area contributed by atoms with Gasteiger partial charge in [0.25, 0.3) is 16.6 Å². The number of carbonyl (C=O) groups is 1. The molecule has 0 saturated heterocycles. The highest BCUT2D eigenvalue weighted by Gasteiger charge is 2.41. The van der Waals surface area contributed by atoms with Gasteiger partial charge < -0.3 is 8.85 Å². The van der Waals surface area contributed by atoms with Crippen LogP contribution < -0.4 is 0 Å². The standard InChI is InChI=1S/C23H39NO3Si2/c1-22(2,3)28(7,8)26-20(17-16-19-14-12-11-13-15-19)24-18-21(25)27-29(9,10)23(4,5)6/h11-17H,18H2,1-10H3/b17-16+,24-20?. The number of carbonyl (C=O) groups excluding carboxylic acids is 1. The summed E-state index contributed by atoms with van der Waals surface area (Å²) in [6.45, 7) is 21.3. The van der Waals surface area contributed by atoms with Gasteiger partial charge in [-0.15, -0.1) is 0 Å². The van der Waals surface area contributed by atoms with Gasteiger partial charge in [-0.25, -0.2) is 4.99 Å². The van der Waals surface area contributed by atoms with Crippen molar-refractivity contribution in [2.75, 3.05) is 6.54 Å². The minimum Gasteiger partial charge on any atom is -0.531 e. The predicted molar refractivity (Wildman–Crippen MR) is 129 cm³/mol. The molecule has 0 aliphatic carbocycles. The second-order valence-corrected chi connectivity index (χ2v) is 19.9. The number of benzene rings is 1. The SMILES string of the molecule is CC(C)(C)[Si](C)(C)OC(=O)CN=C(/C=C/c1ccccc1)O[Si](C)(C)C(C)(C)C. The summed E-state index contributed by atoms with van der Waals surface area (Å²) in [5.74, 6) is 0.202. The van der Waals surface area contributed by atoms with E-state index >= 15 is 0 Å². The van der Waals surface area contributed by atoms with Gasteiger partial charge in [0.1, 0.15) is 6.54 Å². The van der Waals surface area contributed by atoms with Crippen molar-refractivity contribution in [3.05, 3.63) is 42.0 Å². The summed E-state index contributed by atoms with van der Waals surface area (Å²) >= 11 is 0. The third-order valence-corrected chi connectivity index (χ3v) is 14.6. The third-order valence-electron chi connectivity index (χ3n) is 5.92. The van der Waals surface area contributed by atoms with Gasteiger partial charge in [0.15, 0.2) is 5.90 Å². The minimum absolute atomic E-state index is 0.0277. The monoisotopic (exact) mass is 433 g/mol. The number of hydrogen-bond donors (Lipinski definition) is 0. The summed E-state index contributed by atoms with van der Waals surface area (Å²) in [5, 5.41) is 0.00998. The zero-order valence-electron chi connectivity index (χ0n) is 19.9. The average molecular weight is 434 g/mol. The molecule has 0 aromatic heterocycles. The van der Waals surface area contributed by atoms with Gasteiger partial charge in [-0.1, -0.05) is 71.9 Å². The van der Waals surface area contributed by atoms with Crippen LogP contribution in [0.4, 0.5) is 0 Å². The lowest BCUT2D eigenvalue weighted by Gasteiger charge is -2.36. The quantitative estimate of drug-likeness (QED) is 0.286. The van der Waals surface area contributed by atoms with E-state index in [9.17, 15) is 4.79 Å². The van der Waals surface area contributed by atoms with Gasteiger partial charge in [-0.2, -0.15) is 0 Å². The molecule has 1 aromatic rings. The first-order valence-electron chi connectivity index (χ1n) is 10.2. The number of nitrogens with zero attached hydrogens (tertiary/aromatic N) is 1. The normalized spacial score (nSPS) is 14.2. The van der Waals surface area contributed by atoms with Crippen molar-refractivity contribution in [2.45, 2.75) is 77.8 Å². The Morgan fingerprint density at radius 1 is 0.897 bits per heavy atom. The van der Waals surface area contributed by atoms with Crippen LogP contribution in [0.5, 0.6) is 0 Å². The van der Waals surface area contributed by atoms with Gasteiger partial charge in [0, 0.05) is 0 Å². The Morgan fingerprint density at radius 2 is 1.38 bits per heavy atom. The van der Waals surface area contributed by atoms with E-state index in [1.54, 1.807) is 0 Å². The van der Waals surface area contributed by atoms with Crippen LogP contribution in [0, 0.1) is 0 Å². The first kappa shape index (κ1) is 25.4. The molecule has 0 aliphatic rings. The smallest absolute Gasteiger partial charge is 0.314 e. The third kappa shape index (κ3) is 7.93. The van der Waals surface area contributed by atoms with E-state index < -0.39 is 16.6 Å². The van der Waals surface area contributed by atoms with Crippen LogP contribution in [0.15, 0.2) is 41.4 Å². The molecule has 0 saturated carbocycles. The predicted octanol–water partition coefficient (Wildman–Crippen LogP) is 6.67. The second kappa shape index (κ2) is 9.43. The molecule has 4 nitrogen and oxygen atoms in total. The fourth-order valence-electron chi connectivity index (χ4n) is 1.88. The van der Waals surface area contributed by atoms with Gasteiger partial charge >= 0.3 is 5.97 Å². The molecule has 0 aliphatic heterocycles. The maximum atomic E-state index is 12.5. The first-order valence-corrected chi connectivity index (χ1v) is 16.1. The molecule has 0 atom stereocenters. The van der Waals surface area contributed by atoms with E-state index in [0.717, 1.165) is 5.56 Å². The lowest BCUT2D eigenvalue weighted by molar-refractivity contribution is -0.133. The molecule has 0 unspecified atom stereocenters. The first-order chi connectivity index (χ1) is 13.1. The van der Waals surface area contributed by atoms with E-state index in [4.69, 9.17) is 8.85 Å². The van der Waals surface area contributed by atoms with Crippen molar-refractivity contribution in [3.63, 3.8) is 0 Å². The summed E-state index contributed by atoms with van der Waals surface area (Å²) < 4.78 is 12.2. The number of aliphatic imine (C=N–C) groups is 1. The Hall–Kier alpha value is -1.67. The molecule has 0 fully saturated rings. The highest BCUT2D eigenvalue weighted by Crippen LogP contribution is 2.37. The molecular formula is C23H39NO3Si2. The van der Waals surface area contributed by atoms with Crippen molar-refractivity contribution >= 4 is 34.6 Å². The van der Waals surface area contributed by atoms with Gasteiger partial charge in [-0.05, 0) is 54.0 Å². The van der Waals surface area contributed by atoms with E-state index in [2.05, 4.69) is 72.7 Å². The topological polar surface area (TPSA) is 47.9 Å². The maximum absolute atomic E-state index is 12.5. The van der Waals surface area contributed by atoms with Crippen molar-refractivity contribution in [1.82, 2.24) is 0 Å². The Balaban J connectivity index is 3.04. The molecule has 1 rings (SSSR count). The van der Waals surface area contributed by atoms with E-state index in [0.29, 0.717) is 5.90 Å². The molecule has 0 amide bonds. The Bertz CT molecular complexity index is 740.